The van der Waals surface area contributed by atoms with E-state index in [0.717, 1.165) is 30.6 Å². The number of aryl methyl sites for hydroxylation is 1. The number of rotatable bonds is 6. The summed E-state index contributed by atoms with van der Waals surface area (Å²) in [7, 11) is 3.10. The second-order valence-corrected chi connectivity index (χ2v) is 12.0. The van der Waals surface area contributed by atoms with Crippen LogP contribution in [0.4, 0.5) is 18.9 Å². The van der Waals surface area contributed by atoms with Crippen molar-refractivity contribution < 1.29 is 27.6 Å². The lowest BCUT2D eigenvalue weighted by molar-refractivity contribution is -0.141. The number of carbonyl (C=O) groups is 3. The van der Waals surface area contributed by atoms with Crippen LogP contribution in [0.2, 0.25) is 5.02 Å². The van der Waals surface area contributed by atoms with Crippen molar-refractivity contribution in [3.63, 3.8) is 0 Å². The van der Waals surface area contributed by atoms with Crippen molar-refractivity contribution in [2.24, 2.45) is 20.0 Å². The lowest BCUT2D eigenvalue weighted by Crippen LogP contribution is -2.52. The standard InChI is InChI=1S/C30H32ClF3N10O3/c1-40-16-24(37-17-40)44-15-21(25(39-44)30(32,33)34)23-14-36-26(41(23)2)27(45)38-19-3-4-20(22(31)13-19)29(47)43-11-9-42(10-12-43)28(46)18-5-7-35-8-6-18/h3-4,13-18,35H,5-12H2,1-2H3,(H,38,45). The van der Waals surface area contributed by atoms with Crippen molar-refractivity contribution in [3.8, 4) is 17.1 Å². The summed E-state index contributed by atoms with van der Waals surface area (Å²) in [5.41, 5.74) is -0.912. The van der Waals surface area contributed by atoms with E-state index in [4.69, 9.17) is 11.6 Å². The third kappa shape index (κ3) is 6.60. The van der Waals surface area contributed by atoms with Crippen LogP contribution in [0.15, 0.2) is 43.1 Å². The summed E-state index contributed by atoms with van der Waals surface area (Å²) in [4.78, 5) is 50.9. The third-order valence-corrected chi connectivity index (χ3v) is 8.71. The van der Waals surface area contributed by atoms with Gasteiger partial charge >= 0.3 is 6.18 Å². The predicted octanol–water partition coefficient (Wildman–Crippen LogP) is 3.21. The molecule has 2 saturated heterocycles. The molecule has 0 radical (unpaired) electrons. The number of piperazine rings is 1. The van der Waals surface area contributed by atoms with Crippen LogP contribution in [0.3, 0.4) is 0 Å². The van der Waals surface area contributed by atoms with E-state index in [2.05, 4.69) is 25.7 Å². The summed E-state index contributed by atoms with van der Waals surface area (Å²) in [6.45, 7) is 3.30. The number of benzene rings is 1. The van der Waals surface area contributed by atoms with Crippen LogP contribution in [-0.2, 0) is 25.1 Å². The quantitative estimate of drug-likeness (QED) is 0.321. The number of halogens is 4. The Balaban J connectivity index is 1.13. The van der Waals surface area contributed by atoms with Gasteiger partial charge < -0.3 is 29.6 Å². The molecular formula is C30H32ClF3N10O3. The van der Waals surface area contributed by atoms with Gasteiger partial charge in [0.15, 0.2) is 17.3 Å². The fourth-order valence-corrected chi connectivity index (χ4v) is 6.12. The first-order valence-corrected chi connectivity index (χ1v) is 15.4. The molecule has 2 N–H and O–H groups in total. The van der Waals surface area contributed by atoms with Crippen LogP contribution in [0, 0.1) is 5.92 Å². The minimum absolute atomic E-state index is 0.0150. The van der Waals surface area contributed by atoms with Gasteiger partial charge in [-0.05, 0) is 44.1 Å². The average Bonchev–Trinajstić information content (AvgIpc) is 3.79. The number of nitrogens with zero attached hydrogens (tertiary/aromatic N) is 8. The third-order valence-electron chi connectivity index (χ3n) is 8.40. The molecular weight excluding hydrogens is 641 g/mol. The van der Waals surface area contributed by atoms with E-state index in [1.54, 1.807) is 16.5 Å². The topological polar surface area (TPSA) is 135 Å². The minimum atomic E-state index is -4.78. The van der Waals surface area contributed by atoms with Crippen LogP contribution in [0.1, 0.15) is 39.5 Å². The molecule has 3 aromatic heterocycles. The Morgan fingerprint density at radius 3 is 2.34 bits per heavy atom. The molecule has 248 valence electrons. The molecule has 6 rings (SSSR count). The van der Waals surface area contributed by atoms with Gasteiger partial charge in [-0.15, -0.1) is 0 Å². The van der Waals surface area contributed by atoms with Gasteiger partial charge in [0, 0.05) is 64.3 Å². The molecule has 47 heavy (non-hydrogen) atoms. The minimum Gasteiger partial charge on any atom is -0.339 e. The lowest BCUT2D eigenvalue weighted by atomic mass is 9.96. The molecule has 0 bridgehead atoms. The number of anilines is 1. The maximum absolute atomic E-state index is 14.0. The highest BCUT2D eigenvalue weighted by Crippen LogP contribution is 2.37. The normalized spacial score (nSPS) is 16.0. The second kappa shape index (κ2) is 12.8. The fourth-order valence-electron chi connectivity index (χ4n) is 5.86. The SMILES string of the molecule is Cn1cnc(-n2cc(-c3cnc(C(=O)Nc4ccc(C(=O)N5CCN(C(=O)C6CCNCC6)CC5)c(Cl)c4)n3C)c(C(F)(F)F)n2)c1. The van der Waals surface area contributed by atoms with Crippen LogP contribution in [0.25, 0.3) is 17.1 Å². The molecule has 0 unspecified atom stereocenters. The Kier molecular flexibility index (Phi) is 8.80. The van der Waals surface area contributed by atoms with Crippen molar-refractivity contribution in [1.29, 1.82) is 0 Å². The maximum atomic E-state index is 14.0. The maximum Gasteiger partial charge on any atom is 0.435 e. The molecule has 5 heterocycles. The molecule has 0 saturated carbocycles. The molecule has 17 heteroatoms. The van der Waals surface area contributed by atoms with Crippen molar-refractivity contribution in [1.82, 2.24) is 44.0 Å². The van der Waals surface area contributed by atoms with Gasteiger partial charge in [0.2, 0.25) is 5.91 Å². The zero-order valence-corrected chi connectivity index (χ0v) is 26.3. The Bertz CT molecular complexity index is 1820. The summed E-state index contributed by atoms with van der Waals surface area (Å²) in [6.07, 6.45) is 2.15. The number of imidazole rings is 2. The predicted molar refractivity (Wildman–Crippen MR) is 165 cm³/mol. The second-order valence-electron chi connectivity index (χ2n) is 11.5. The van der Waals surface area contributed by atoms with E-state index >= 15 is 0 Å². The van der Waals surface area contributed by atoms with Gasteiger partial charge in [-0.3, -0.25) is 14.4 Å². The highest BCUT2D eigenvalue weighted by atomic mass is 35.5. The van der Waals surface area contributed by atoms with Crippen molar-refractivity contribution in [2.75, 3.05) is 44.6 Å². The van der Waals surface area contributed by atoms with Gasteiger partial charge in [0.25, 0.3) is 11.8 Å². The number of hydrogen-bond donors (Lipinski definition) is 2. The zero-order chi connectivity index (χ0) is 33.5. The van der Waals surface area contributed by atoms with Crippen LogP contribution in [-0.4, -0.2) is 95.7 Å². The van der Waals surface area contributed by atoms with Crippen molar-refractivity contribution >= 4 is 35.0 Å². The Labute approximate surface area is 272 Å². The summed E-state index contributed by atoms with van der Waals surface area (Å²) >= 11 is 6.47. The smallest absolute Gasteiger partial charge is 0.339 e. The van der Waals surface area contributed by atoms with Gasteiger partial charge in [-0.2, -0.15) is 18.3 Å². The van der Waals surface area contributed by atoms with Gasteiger partial charge in [0.1, 0.15) is 0 Å². The molecule has 4 aromatic rings. The summed E-state index contributed by atoms with van der Waals surface area (Å²) in [6, 6.07) is 4.43. The molecule has 2 fully saturated rings. The van der Waals surface area contributed by atoms with Crippen molar-refractivity contribution in [2.45, 2.75) is 19.0 Å². The number of carbonyl (C=O) groups excluding carboxylic acids is 3. The van der Waals surface area contributed by atoms with Gasteiger partial charge in [-0.25, -0.2) is 14.6 Å². The molecule has 2 aliphatic rings. The number of hydrogen-bond acceptors (Lipinski definition) is 7. The van der Waals surface area contributed by atoms with Gasteiger partial charge in [0.05, 0.1) is 34.4 Å². The number of aromatic nitrogens is 6. The molecule has 13 nitrogen and oxygen atoms in total. The number of piperidine rings is 1. The lowest BCUT2D eigenvalue weighted by Gasteiger charge is -2.37. The molecule has 1 aromatic carbocycles. The Morgan fingerprint density at radius 2 is 1.70 bits per heavy atom. The number of alkyl halides is 3. The van der Waals surface area contributed by atoms with E-state index in [0.29, 0.717) is 26.2 Å². The van der Waals surface area contributed by atoms with E-state index in [-0.39, 0.29) is 56.9 Å². The van der Waals surface area contributed by atoms with Gasteiger partial charge in [-0.1, -0.05) is 11.6 Å². The van der Waals surface area contributed by atoms with Crippen molar-refractivity contribution in [3.05, 3.63) is 65.2 Å². The summed E-state index contributed by atoms with van der Waals surface area (Å²) < 4.78 is 45.7. The van der Waals surface area contributed by atoms with Crippen LogP contribution in [0.5, 0.6) is 0 Å². The Morgan fingerprint density at radius 1 is 1.00 bits per heavy atom. The first-order valence-electron chi connectivity index (χ1n) is 15.0. The molecule has 0 spiro atoms. The largest absolute Gasteiger partial charge is 0.435 e. The highest BCUT2D eigenvalue weighted by Gasteiger charge is 2.39. The summed E-state index contributed by atoms with van der Waals surface area (Å²) in [5.74, 6) is -0.810. The Hall–Kier alpha value is -4.70. The van der Waals surface area contributed by atoms with E-state index in [1.807, 2.05) is 4.90 Å². The molecule has 3 amide bonds. The monoisotopic (exact) mass is 672 g/mol. The number of amides is 3. The number of nitrogens with one attached hydrogen (secondary N) is 2. The first kappa shape index (κ1) is 32.2. The van der Waals surface area contributed by atoms with Crippen LogP contribution >= 0.6 is 11.6 Å². The first-order chi connectivity index (χ1) is 22.4. The molecule has 2 aliphatic heterocycles. The molecule has 0 aliphatic carbocycles. The van der Waals surface area contributed by atoms with E-state index in [9.17, 15) is 27.6 Å². The summed E-state index contributed by atoms with van der Waals surface area (Å²) in [5, 5.41) is 9.72. The van der Waals surface area contributed by atoms with E-state index in [1.165, 1.54) is 54.7 Å². The highest BCUT2D eigenvalue weighted by molar-refractivity contribution is 6.34. The van der Waals surface area contributed by atoms with Crippen LogP contribution < -0.4 is 10.6 Å². The zero-order valence-electron chi connectivity index (χ0n) is 25.6. The molecule has 0 atom stereocenters. The fraction of sp³-hybridized carbons (Fsp3) is 0.400. The average molecular weight is 673 g/mol. The van der Waals surface area contributed by atoms with E-state index < -0.39 is 17.8 Å².